The van der Waals surface area contributed by atoms with Gasteiger partial charge in [0.2, 0.25) is 5.89 Å². The maximum atomic E-state index is 5.51. The Morgan fingerprint density at radius 3 is 2.92 bits per heavy atom. The van der Waals surface area contributed by atoms with Crippen LogP contribution < -0.4 is 0 Å². The van der Waals surface area contributed by atoms with Crippen LogP contribution in [0, 0.1) is 0 Å². The van der Waals surface area contributed by atoms with E-state index in [2.05, 4.69) is 44.5 Å². The summed E-state index contributed by atoms with van der Waals surface area (Å²) in [4.78, 5) is 10.8. The van der Waals surface area contributed by atoms with E-state index in [-0.39, 0.29) is 0 Å². The summed E-state index contributed by atoms with van der Waals surface area (Å²) in [7, 11) is 2.13. The van der Waals surface area contributed by atoms with Gasteiger partial charge in [-0.25, -0.2) is 0 Å². The average molecular weight is 348 g/mol. The Kier molecular flexibility index (Phi) is 4.93. The van der Waals surface area contributed by atoms with Crippen LogP contribution in [0.2, 0.25) is 0 Å². The topological polar surface area (TPSA) is 54.6 Å². The fraction of sp³-hybridized carbons (Fsp3) is 0.647. The molecule has 1 aliphatic heterocycles. The molecule has 1 atom stereocenters. The van der Waals surface area contributed by atoms with E-state index in [0.717, 1.165) is 51.1 Å². The third kappa shape index (κ3) is 3.85. The number of ether oxygens (including phenoxy) is 1. The SMILES string of the molecule is CN(Cc1noc(C2CC2)n1)CC(c1cccs1)N1CCOCC1. The Labute approximate surface area is 146 Å². The number of hydrogen-bond donors (Lipinski definition) is 0. The summed E-state index contributed by atoms with van der Waals surface area (Å²) < 4.78 is 10.9. The van der Waals surface area contributed by atoms with Crippen LogP contribution in [0.5, 0.6) is 0 Å². The molecule has 6 nitrogen and oxygen atoms in total. The summed E-state index contributed by atoms with van der Waals surface area (Å²) in [5.74, 6) is 2.14. The van der Waals surface area contributed by atoms with Crippen LogP contribution in [0.1, 0.15) is 41.4 Å². The standard InChI is InChI=1S/C17H24N4O2S/c1-20(12-16-18-17(23-19-16)13-4-5-13)11-14(15-3-2-10-24-15)21-6-8-22-9-7-21/h2-3,10,13-14H,4-9,11-12H2,1H3. The van der Waals surface area contributed by atoms with E-state index in [1.165, 1.54) is 17.7 Å². The molecule has 2 aromatic rings. The van der Waals surface area contributed by atoms with Crippen molar-refractivity contribution in [1.29, 1.82) is 0 Å². The lowest BCUT2D eigenvalue weighted by molar-refractivity contribution is 0.00946. The van der Waals surface area contributed by atoms with Gasteiger partial charge in [0.05, 0.1) is 25.8 Å². The highest BCUT2D eigenvalue weighted by molar-refractivity contribution is 7.10. The van der Waals surface area contributed by atoms with Gasteiger partial charge in [-0.05, 0) is 31.3 Å². The van der Waals surface area contributed by atoms with E-state index in [1.807, 2.05) is 11.3 Å². The van der Waals surface area contributed by atoms with Gasteiger partial charge >= 0.3 is 0 Å². The summed E-state index contributed by atoms with van der Waals surface area (Å²) in [5.41, 5.74) is 0. The molecular formula is C17H24N4O2S. The maximum Gasteiger partial charge on any atom is 0.229 e. The molecule has 1 saturated heterocycles. The normalized spacial score (nSPS) is 20.6. The molecule has 0 aromatic carbocycles. The lowest BCUT2D eigenvalue weighted by Gasteiger charge is -2.36. The molecule has 7 heteroatoms. The molecule has 0 bridgehead atoms. The molecule has 0 N–H and O–H groups in total. The van der Waals surface area contributed by atoms with Crippen LogP contribution in [-0.2, 0) is 11.3 Å². The van der Waals surface area contributed by atoms with E-state index in [4.69, 9.17) is 9.26 Å². The van der Waals surface area contributed by atoms with Crippen LogP contribution in [0.3, 0.4) is 0 Å². The second-order valence-electron chi connectivity index (χ2n) is 6.70. The number of rotatable bonds is 7. The molecule has 0 radical (unpaired) electrons. The third-order valence-electron chi connectivity index (χ3n) is 4.66. The predicted molar refractivity (Wildman–Crippen MR) is 92.1 cm³/mol. The lowest BCUT2D eigenvalue weighted by Crippen LogP contribution is -2.42. The summed E-state index contributed by atoms with van der Waals surface area (Å²) >= 11 is 1.83. The Morgan fingerprint density at radius 2 is 2.21 bits per heavy atom. The predicted octanol–water partition coefficient (Wildman–Crippen LogP) is 2.51. The summed E-state index contributed by atoms with van der Waals surface area (Å²) in [6.45, 7) is 5.30. The zero-order chi connectivity index (χ0) is 16.4. The number of aromatic nitrogens is 2. The minimum Gasteiger partial charge on any atom is -0.379 e. The van der Waals surface area contributed by atoms with Crippen molar-refractivity contribution in [3.8, 4) is 0 Å². The number of likely N-dealkylation sites (N-methyl/N-ethyl adjacent to an activating group) is 1. The van der Waals surface area contributed by atoms with Crippen LogP contribution in [0.4, 0.5) is 0 Å². The largest absolute Gasteiger partial charge is 0.379 e. The molecule has 0 amide bonds. The number of thiophene rings is 1. The average Bonchev–Trinajstić information content (AvgIpc) is 3.11. The van der Waals surface area contributed by atoms with Gasteiger partial charge in [-0.15, -0.1) is 11.3 Å². The molecule has 2 aromatic heterocycles. The van der Waals surface area contributed by atoms with E-state index in [1.54, 1.807) is 0 Å². The van der Waals surface area contributed by atoms with Crippen molar-refractivity contribution in [3.05, 3.63) is 34.1 Å². The molecule has 130 valence electrons. The molecule has 0 spiro atoms. The second kappa shape index (κ2) is 7.31. The van der Waals surface area contributed by atoms with Crippen LogP contribution >= 0.6 is 11.3 Å². The fourth-order valence-corrected chi connectivity index (χ4v) is 4.04. The fourth-order valence-electron chi connectivity index (χ4n) is 3.18. The first-order valence-corrected chi connectivity index (χ1v) is 9.54. The highest BCUT2D eigenvalue weighted by Crippen LogP contribution is 2.38. The number of hydrogen-bond acceptors (Lipinski definition) is 7. The highest BCUT2D eigenvalue weighted by Gasteiger charge is 2.30. The zero-order valence-electron chi connectivity index (χ0n) is 14.1. The highest BCUT2D eigenvalue weighted by atomic mass is 32.1. The Bertz CT molecular complexity index is 635. The van der Waals surface area contributed by atoms with E-state index >= 15 is 0 Å². The summed E-state index contributed by atoms with van der Waals surface area (Å²) in [6, 6.07) is 4.76. The van der Waals surface area contributed by atoms with E-state index < -0.39 is 0 Å². The molecule has 3 heterocycles. The van der Waals surface area contributed by atoms with Crippen molar-refractivity contribution in [2.24, 2.45) is 0 Å². The summed E-state index contributed by atoms with van der Waals surface area (Å²) in [6.07, 6.45) is 2.38. The minimum atomic E-state index is 0.397. The first-order chi connectivity index (χ1) is 11.8. The molecule has 1 unspecified atom stereocenters. The molecular weight excluding hydrogens is 324 g/mol. The number of nitrogens with zero attached hydrogens (tertiary/aromatic N) is 4. The van der Waals surface area contributed by atoms with Crippen molar-refractivity contribution in [2.45, 2.75) is 31.3 Å². The minimum absolute atomic E-state index is 0.397. The van der Waals surface area contributed by atoms with Gasteiger partial charge in [-0.2, -0.15) is 4.98 Å². The van der Waals surface area contributed by atoms with Crippen LogP contribution in [-0.4, -0.2) is 59.8 Å². The van der Waals surface area contributed by atoms with Crippen molar-refractivity contribution in [1.82, 2.24) is 19.9 Å². The van der Waals surface area contributed by atoms with E-state index in [9.17, 15) is 0 Å². The first kappa shape index (κ1) is 16.2. The Balaban J connectivity index is 1.40. The zero-order valence-corrected chi connectivity index (χ0v) is 14.9. The molecule has 2 fully saturated rings. The van der Waals surface area contributed by atoms with Gasteiger partial charge in [-0.1, -0.05) is 11.2 Å². The Hall–Kier alpha value is -1.28. The molecule has 24 heavy (non-hydrogen) atoms. The first-order valence-electron chi connectivity index (χ1n) is 8.66. The second-order valence-corrected chi connectivity index (χ2v) is 7.68. The van der Waals surface area contributed by atoms with Crippen molar-refractivity contribution in [3.63, 3.8) is 0 Å². The lowest BCUT2D eigenvalue weighted by atomic mass is 10.1. The van der Waals surface area contributed by atoms with Gasteiger partial charge in [0.25, 0.3) is 0 Å². The summed E-state index contributed by atoms with van der Waals surface area (Å²) in [5, 5.41) is 6.30. The quantitative estimate of drug-likeness (QED) is 0.766. The molecule has 2 aliphatic rings. The van der Waals surface area contributed by atoms with Crippen molar-refractivity contribution < 1.29 is 9.26 Å². The van der Waals surface area contributed by atoms with Gasteiger partial charge < -0.3 is 9.26 Å². The van der Waals surface area contributed by atoms with E-state index in [0.29, 0.717) is 12.0 Å². The number of morpholine rings is 1. The van der Waals surface area contributed by atoms with Crippen molar-refractivity contribution >= 4 is 11.3 Å². The van der Waals surface area contributed by atoms with Crippen LogP contribution in [0.25, 0.3) is 0 Å². The monoisotopic (exact) mass is 348 g/mol. The molecule has 1 aliphatic carbocycles. The van der Waals surface area contributed by atoms with Gasteiger partial charge in [0.15, 0.2) is 5.82 Å². The maximum absolute atomic E-state index is 5.51. The molecule has 4 rings (SSSR count). The Morgan fingerprint density at radius 1 is 1.38 bits per heavy atom. The van der Waals surface area contributed by atoms with Crippen molar-refractivity contribution in [2.75, 3.05) is 39.9 Å². The van der Waals surface area contributed by atoms with Gasteiger partial charge in [0, 0.05) is 30.4 Å². The molecule has 1 saturated carbocycles. The smallest absolute Gasteiger partial charge is 0.229 e. The van der Waals surface area contributed by atoms with Gasteiger partial charge in [0.1, 0.15) is 0 Å². The van der Waals surface area contributed by atoms with Gasteiger partial charge in [-0.3, -0.25) is 9.80 Å². The van der Waals surface area contributed by atoms with Crippen LogP contribution in [0.15, 0.2) is 22.0 Å². The third-order valence-corrected chi connectivity index (χ3v) is 5.64.